The minimum absolute atomic E-state index is 0.0217. The number of rotatable bonds is 4. The van der Waals surface area contributed by atoms with Crippen LogP contribution in [-0.2, 0) is 4.79 Å². The van der Waals surface area contributed by atoms with Crippen LogP contribution in [0.5, 0.6) is 0 Å². The van der Waals surface area contributed by atoms with Crippen molar-refractivity contribution < 1.29 is 9.90 Å². The molecule has 0 aromatic heterocycles. The number of amides is 1. The molecule has 3 atom stereocenters. The van der Waals surface area contributed by atoms with Gasteiger partial charge in [-0.05, 0) is 24.2 Å². The summed E-state index contributed by atoms with van der Waals surface area (Å²) in [5.41, 5.74) is 5.86. The van der Waals surface area contributed by atoms with Crippen molar-refractivity contribution in [2.45, 2.75) is 46.6 Å². The first-order chi connectivity index (χ1) is 8.30. The van der Waals surface area contributed by atoms with Gasteiger partial charge in [0.1, 0.15) is 0 Å². The third-order valence-corrected chi connectivity index (χ3v) is 3.85. The van der Waals surface area contributed by atoms with E-state index in [1.807, 2.05) is 4.90 Å². The van der Waals surface area contributed by atoms with Gasteiger partial charge in [0.2, 0.25) is 5.91 Å². The van der Waals surface area contributed by atoms with Gasteiger partial charge in [-0.1, -0.05) is 27.7 Å². The van der Waals surface area contributed by atoms with Gasteiger partial charge >= 0.3 is 0 Å². The number of carbonyl (C=O) groups excluding carboxylic acids is 1. The lowest BCUT2D eigenvalue weighted by Gasteiger charge is -2.31. The molecule has 0 bridgehead atoms. The van der Waals surface area contributed by atoms with E-state index in [0.29, 0.717) is 12.5 Å². The van der Waals surface area contributed by atoms with Crippen LogP contribution >= 0.6 is 0 Å². The molecule has 106 valence electrons. The molecule has 1 rings (SSSR count). The lowest BCUT2D eigenvalue weighted by Crippen LogP contribution is -2.45. The van der Waals surface area contributed by atoms with E-state index in [1.165, 1.54) is 0 Å². The van der Waals surface area contributed by atoms with E-state index in [-0.39, 0.29) is 29.9 Å². The maximum absolute atomic E-state index is 12.5. The number of nitrogens with zero attached hydrogens (tertiary/aromatic N) is 1. The van der Waals surface area contributed by atoms with Gasteiger partial charge in [-0.15, -0.1) is 0 Å². The van der Waals surface area contributed by atoms with Crippen molar-refractivity contribution in [1.29, 1.82) is 0 Å². The fraction of sp³-hybridized carbons (Fsp3) is 0.929. The zero-order valence-electron chi connectivity index (χ0n) is 12.1. The molecule has 4 heteroatoms. The molecule has 1 aliphatic heterocycles. The van der Waals surface area contributed by atoms with Crippen LogP contribution < -0.4 is 5.73 Å². The average Bonchev–Trinajstić information content (AvgIpc) is 2.65. The average molecular weight is 256 g/mol. The highest BCUT2D eigenvalue weighted by atomic mass is 16.3. The fourth-order valence-electron chi connectivity index (χ4n) is 2.81. The van der Waals surface area contributed by atoms with Crippen LogP contribution in [-0.4, -0.2) is 41.7 Å². The Morgan fingerprint density at radius 2 is 2.11 bits per heavy atom. The second-order valence-electron chi connectivity index (χ2n) is 6.74. The highest BCUT2D eigenvalue weighted by Gasteiger charge is 2.37. The van der Waals surface area contributed by atoms with E-state index in [0.717, 1.165) is 19.4 Å². The molecule has 1 heterocycles. The van der Waals surface area contributed by atoms with E-state index in [1.54, 1.807) is 0 Å². The number of hydrogen-bond acceptors (Lipinski definition) is 3. The summed E-state index contributed by atoms with van der Waals surface area (Å²) in [6, 6.07) is -0.0217. The van der Waals surface area contributed by atoms with Crippen molar-refractivity contribution in [3.05, 3.63) is 0 Å². The molecule has 1 saturated heterocycles. The van der Waals surface area contributed by atoms with Crippen molar-refractivity contribution in [3.8, 4) is 0 Å². The largest absolute Gasteiger partial charge is 0.394 e. The Bertz CT molecular complexity index is 286. The van der Waals surface area contributed by atoms with Crippen LogP contribution in [0.15, 0.2) is 0 Å². The summed E-state index contributed by atoms with van der Waals surface area (Å²) in [5.74, 6) is 0.382. The first kappa shape index (κ1) is 15.4. The number of carbonyl (C=O) groups is 1. The molecule has 4 nitrogen and oxygen atoms in total. The monoisotopic (exact) mass is 256 g/mol. The standard InChI is InChI=1S/C14H28N2O2/c1-10-5-6-16(12(10)9-17)13(18)11(8-15)7-14(2,3)4/h10-12,17H,5-9,15H2,1-4H3. The molecule has 0 radical (unpaired) electrons. The molecule has 1 fully saturated rings. The fourth-order valence-corrected chi connectivity index (χ4v) is 2.81. The van der Waals surface area contributed by atoms with Crippen LogP contribution in [0.2, 0.25) is 0 Å². The highest BCUT2D eigenvalue weighted by Crippen LogP contribution is 2.29. The molecule has 3 N–H and O–H groups in total. The third-order valence-electron chi connectivity index (χ3n) is 3.85. The molecular formula is C14H28N2O2. The predicted octanol–water partition coefficient (Wildman–Crippen LogP) is 1.23. The Morgan fingerprint density at radius 3 is 2.56 bits per heavy atom. The topological polar surface area (TPSA) is 66.6 Å². The van der Waals surface area contributed by atoms with Gasteiger partial charge in [0.05, 0.1) is 18.6 Å². The van der Waals surface area contributed by atoms with Crippen molar-refractivity contribution in [3.63, 3.8) is 0 Å². The summed E-state index contributed by atoms with van der Waals surface area (Å²) in [5, 5.41) is 9.42. The Kier molecular flexibility index (Phi) is 5.17. The van der Waals surface area contributed by atoms with Gasteiger partial charge in [0, 0.05) is 13.1 Å². The predicted molar refractivity (Wildman–Crippen MR) is 73.0 cm³/mol. The minimum Gasteiger partial charge on any atom is -0.394 e. The minimum atomic E-state index is -0.121. The third kappa shape index (κ3) is 3.69. The zero-order valence-corrected chi connectivity index (χ0v) is 12.1. The number of nitrogens with two attached hydrogens (primary N) is 1. The summed E-state index contributed by atoms with van der Waals surface area (Å²) in [6.07, 6.45) is 1.77. The second kappa shape index (κ2) is 6.02. The maximum atomic E-state index is 12.5. The smallest absolute Gasteiger partial charge is 0.227 e. The van der Waals surface area contributed by atoms with Gasteiger partial charge in [-0.2, -0.15) is 0 Å². The molecule has 0 aromatic rings. The lowest BCUT2D eigenvalue weighted by atomic mass is 9.84. The second-order valence-corrected chi connectivity index (χ2v) is 6.74. The van der Waals surface area contributed by atoms with Crippen molar-refractivity contribution >= 4 is 5.91 Å². The van der Waals surface area contributed by atoms with E-state index < -0.39 is 0 Å². The number of aliphatic hydroxyl groups excluding tert-OH is 1. The van der Waals surface area contributed by atoms with Gasteiger partial charge in [-0.25, -0.2) is 0 Å². The molecule has 0 saturated carbocycles. The zero-order chi connectivity index (χ0) is 13.9. The van der Waals surface area contributed by atoms with Gasteiger partial charge < -0.3 is 15.7 Å². The maximum Gasteiger partial charge on any atom is 0.227 e. The Morgan fingerprint density at radius 1 is 1.50 bits per heavy atom. The first-order valence-electron chi connectivity index (χ1n) is 6.91. The summed E-state index contributed by atoms with van der Waals surface area (Å²) < 4.78 is 0. The van der Waals surface area contributed by atoms with Crippen LogP contribution in [0.4, 0.5) is 0 Å². The molecule has 0 spiro atoms. The molecule has 0 aliphatic carbocycles. The highest BCUT2D eigenvalue weighted by molar-refractivity contribution is 5.79. The Balaban J connectivity index is 2.72. The lowest BCUT2D eigenvalue weighted by molar-refractivity contribution is -0.138. The summed E-state index contributed by atoms with van der Waals surface area (Å²) in [4.78, 5) is 14.3. The quantitative estimate of drug-likeness (QED) is 0.795. The normalized spacial score (nSPS) is 26.4. The Labute approximate surface area is 111 Å². The van der Waals surface area contributed by atoms with Crippen molar-refractivity contribution in [1.82, 2.24) is 4.90 Å². The van der Waals surface area contributed by atoms with Gasteiger partial charge in [0.15, 0.2) is 0 Å². The first-order valence-corrected chi connectivity index (χ1v) is 6.91. The van der Waals surface area contributed by atoms with Gasteiger partial charge in [0.25, 0.3) is 0 Å². The summed E-state index contributed by atoms with van der Waals surface area (Å²) in [6.45, 7) is 9.66. The van der Waals surface area contributed by atoms with E-state index in [9.17, 15) is 9.90 Å². The SMILES string of the molecule is CC1CCN(C(=O)C(CN)CC(C)(C)C)C1CO. The van der Waals surface area contributed by atoms with Crippen molar-refractivity contribution in [2.24, 2.45) is 23.0 Å². The van der Waals surface area contributed by atoms with Crippen LogP contribution in [0, 0.1) is 17.3 Å². The molecule has 1 aliphatic rings. The van der Waals surface area contributed by atoms with Crippen LogP contribution in [0.3, 0.4) is 0 Å². The molecule has 18 heavy (non-hydrogen) atoms. The molecular weight excluding hydrogens is 228 g/mol. The number of likely N-dealkylation sites (tertiary alicyclic amines) is 1. The van der Waals surface area contributed by atoms with E-state index in [4.69, 9.17) is 5.73 Å². The molecule has 1 amide bonds. The number of aliphatic hydroxyl groups is 1. The Hall–Kier alpha value is -0.610. The van der Waals surface area contributed by atoms with Crippen LogP contribution in [0.25, 0.3) is 0 Å². The van der Waals surface area contributed by atoms with Gasteiger partial charge in [-0.3, -0.25) is 4.79 Å². The summed E-state index contributed by atoms with van der Waals surface area (Å²) >= 11 is 0. The van der Waals surface area contributed by atoms with E-state index >= 15 is 0 Å². The number of hydrogen-bond donors (Lipinski definition) is 2. The summed E-state index contributed by atoms with van der Waals surface area (Å²) in [7, 11) is 0. The molecule has 0 aromatic carbocycles. The molecule has 3 unspecified atom stereocenters. The van der Waals surface area contributed by atoms with Crippen molar-refractivity contribution in [2.75, 3.05) is 19.7 Å². The van der Waals surface area contributed by atoms with E-state index in [2.05, 4.69) is 27.7 Å². The van der Waals surface area contributed by atoms with Crippen LogP contribution in [0.1, 0.15) is 40.5 Å².